The van der Waals surface area contributed by atoms with Crippen LogP contribution >= 0.6 is 22.6 Å². The van der Waals surface area contributed by atoms with Crippen molar-refractivity contribution in [2.75, 3.05) is 31.1 Å². The van der Waals surface area contributed by atoms with Crippen LogP contribution in [0.25, 0.3) is 11.0 Å². The van der Waals surface area contributed by atoms with Crippen LogP contribution in [-0.2, 0) is 0 Å². The van der Waals surface area contributed by atoms with Gasteiger partial charge in [-0.05, 0) is 28.7 Å². The summed E-state index contributed by atoms with van der Waals surface area (Å²) in [6.07, 6.45) is 2.93. The maximum atomic E-state index is 10.9. The van der Waals surface area contributed by atoms with Crippen LogP contribution < -0.4 is 4.90 Å². The minimum Gasteiger partial charge on any atom is -0.465 e. The van der Waals surface area contributed by atoms with E-state index in [4.69, 9.17) is 5.11 Å². The first-order chi connectivity index (χ1) is 9.15. The van der Waals surface area contributed by atoms with E-state index in [2.05, 4.69) is 43.5 Å². The van der Waals surface area contributed by atoms with Gasteiger partial charge in [0.05, 0.1) is 11.9 Å². The van der Waals surface area contributed by atoms with Crippen LogP contribution in [0.1, 0.15) is 0 Å². The van der Waals surface area contributed by atoms with Crippen molar-refractivity contribution in [1.29, 1.82) is 0 Å². The predicted octanol–water partition coefficient (Wildman–Crippen LogP) is 1.97. The SMILES string of the molecule is O=C(O)N1CCN(c2cnc3[nH]cc(I)c3c2)CC1. The van der Waals surface area contributed by atoms with Crippen LogP contribution in [0.4, 0.5) is 10.5 Å². The summed E-state index contributed by atoms with van der Waals surface area (Å²) >= 11 is 2.28. The first-order valence-corrected chi connectivity index (χ1v) is 7.08. The zero-order chi connectivity index (χ0) is 13.4. The third kappa shape index (κ3) is 2.34. The maximum absolute atomic E-state index is 10.9. The van der Waals surface area contributed by atoms with E-state index in [9.17, 15) is 4.79 Å². The van der Waals surface area contributed by atoms with Crippen molar-refractivity contribution >= 4 is 45.4 Å². The highest BCUT2D eigenvalue weighted by Gasteiger charge is 2.21. The molecule has 3 heterocycles. The first-order valence-electron chi connectivity index (χ1n) is 6.00. The normalized spacial score (nSPS) is 16.1. The van der Waals surface area contributed by atoms with E-state index >= 15 is 0 Å². The molecule has 1 amide bonds. The number of rotatable bonds is 1. The molecule has 0 aliphatic carbocycles. The Labute approximate surface area is 123 Å². The number of aromatic nitrogens is 2. The van der Waals surface area contributed by atoms with Gasteiger partial charge in [0.1, 0.15) is 5.65 Å². The van der Waals surface area contributed by atoms with E-state index < -0.39 is 6.09 Å². The summed E-state index contributed by atoms with van der Waals surface area (Å²) in [4.78, 5) is 22.0. The molecule has 2 N–H and O–H groups in total. The summed E-state index contributed by atoms with van der Waals surface area (Å²) < 4.78 is 1.14. The third-order valence-electron chi connectivity index (χ3n) is 3.38. The fourth-order valence-corrected chi connectivity index (χ4v) is 2.86. The zero-order valence-electron chi connectivity index (χ0n) is 10.1. The number of nitrogens with one attached hydrogen (secondary N) is 1. The Morgan fingerprint density at radius 3 is 2.79 bits per heavy atom. The number of fused-ring (bicyclic) bond motifs is 1. The molecule has 0 saturated carbocycles. The highest BCUT2D eigenvalue weighted by Crippen LogP contribution is 2.24. The van der Waals surface area contributed by atoms with Crippen molar-refractivity contribution in [3.05, 3.63) is 22.0 Å². The van der Waals surface area contributed by atoms with Crippen LogP contribution in [0, 0.1) is 3.57 Å². The summed E-state index contributed by atoms with van der Waals surface area (Å²) in [7, 11) is 0. The molecule has 0 bridgehead atoms. The molecule has 0 atom stereocenters. The second-order valence-corrected chi connectivity index (χ2v) is 5.65. The summed E-state index contributed by atoms with van der Waals surface area (Å²) in [5.41, 5.74) is 1.94. The van der Waals surface area contributed by atoms with Gasteiger partial charge in [-0.25, -0.2) is 9.78 Å². The average molecular weight is 372 g/mol. The number of anilines is 1. The number of H-pyrrole nitrogens is 1. The smallest absolute Gasteiger partial charge is 0.407 e. The van der Waals surface area contributed by atoms with Gasteiger partial charge in [0, 0.05) is 41.3 Å². The lowest BCUT2D eigenvalue weighted by Gasteiger charge is -2.34. The van der Waals surface area contributed by atoms with E-state index in [0.717, 1.165) is 20.3 Å². The van der Waals surface area contributed by atoms with Crippen molar-refractivity contribution in [3.63, 3.8) is 0 Å². The van der Waals surface area contributed by atoms with E-state index in [0.29, 0.717) is 26.2 Å². The lowest BCUT2D eigenvalue weighted by molar-refractivity contribution is 0.142. The summed E-state index contributed by atoms with van der Waals surface area (Å²) in [6.45, 7) is 2.50. The molecule has 0 unspecified atom stereocenters. The van der Waals surface area contributed by atoms with Gasteiger partial charge in [-0.15, -0.1) is 0 Å². The van der Waals surface area contributed by atoms with Gasteiger partial charge < -0.3 is 19.9 Å². The largest absolute Gasteiger partial charge is 0.465 e. The molecule has 1 fully saturated rings. The molecule has 1 saturated heterocycles. The van der Waals surface area contributed by atoms with E-state index in [1.807, 2.05) is 12.4 Å². The topological polar surface area (TPSA) is 72.5 Å². The Kier molecular flexibility index (Phi) is 3.21. The molecule has 3 rings (SSSR count). The molecular formula is C12H13IN4O2. The van der Waals surface area contributed by atoms with Crippen molar-refractivity contribution in [3.8, 4) is 0 Å². The van der Waals surface area contributed by atoms with Gasteiger partial charge in [0.25, 0.3) is 0 Å². The third-order valence-corrected chi connectivity index (χ3v) is 4.27. The van der Waals surface area contributed by atoms with Crippen LogP contribution in [0.5, 0.6) is 0 Å². The Hall–Kier alpha value is -1.51. The standard InChI is InChI=1S/C12H13IN4O2/c13-10-7-15-11-9(10)5-8(6-14-11)16-1-3-17(4-2-16)12(18)19/h5-7H,1-4H2,(H,14,15)(H,18,19). The van der Waals surface area contributed by atoms with Gasteiger partial charge in [-0.1, -0.05) is 0 Å². The quantitative estimate of drug-likeness (QED) is 0.751. The highest BCUT2D eigenvalue weighted by molar-refractivity contribution is 14.1. The van der Waals surface area contributed by atoms with Crippen molar-refractivity contribution in [2.45, 2.75) is 0 Å². The monoisotopic (exact) mass is 372 g/mol. The maximum Gasteiger partial charge on any atom is 0.407 e. The second-order valence-electron chi connectivity index (χ2n) is 4.48. The first kappa shape index (κ1) is 12.5. The molecule has 1 aliphatic heterocycles. The number of nitrogens with zero attached hydrogens (tertiary/aromatic N) is 3. The molecule has 2 aromatic heterocycles. The van der Waals surface area contributed by atoms with Crippen molar-refractivity contribution in [2.24, 2.45) is 0 Å². The van der Waals surface area contributed by atoms with Gasteiger partial charge in [-0.2, -0.15) is 0 Å². The lowest BCUT2D eigenvalue weighted by atomic mass is 10.2. The van der Waals surface area contributed by atoms with Gasteiger partial charge >= 0.3 is 6.09 Å². The van der Waals surface area contributed by atoms with Gasteiger partial charge in [0.15, 0.2) is 0 Å². The van der Waals surface area contributed by atoms with E-state index in [-0.39, 0.29) is 0 Å². The molecule has 1 aliphatic rings. The fourth-order valence-electron chi connectivity index (χ4n) is 2.29. The van der Waals surface area contributed by atoms with Crippen LogP contribution in [0.15, 0.2) is 18.5 Å². The molecule has 0 spiro atoms. The predicted molar refractivity (Wildman–Crippen MR) is 80.6 cm³/mol. The second kappa shape index (κ2) is 4.87. The number of halogens is 1. The van der Waals surface area contributed by atoms with Gasteiger partial charge in [-0.3, -0.25) is 0 Å². The lowest BCUT2D eigenvalue weighted by Crippen LogP contribution is -2.48. The minimum atomic E-state index is -0.839. The molecule has 19 heavy (non-hydrogen) atoms. The highest BCUT2D eigenvalue weighted by atomic mass is 127. The molecular weight excluding hydrogens is 359 g/mol. The fraction of sp³-hybridized carbons (Fsp3) is 0.333. The van der Waals surface area contributed by atoms with Crippen LogP contribution in [-0.4, -0.2) is 52.2 Å². The number of amides is 1. The van der Waals surface area contributed by atoms with Crippen LogP contribution in [0.3, 0.4) is 0 Å². The number of hydrogen-bond acceptors (Lipinski definition) is 3. The molecule has 7 heteroatoms. The average Bonchev–Trinajstić information content (AvgIpc) is 2.80. The number of piperazine rings is 1. The number of pyridine rings is 1. The molecule has 2 aromatic rings. The van der Waals surface area contributed by atoms with Gasteiger partial charge in [0.2, 0.25) is 0 Å². The summed E-state index contributed by atoms with van der Waals surface area (Å²) in [5, 5.41) is 10.0. The Morgan fingerprint density at radius 1 is 1.37 bits per heavy atom. The summed E-state index contributed by atoms with van der Waals surface area (Å²) in [6, 6.07) is 2.11. The van der Waals surface area contributed by atoms with Crippen molar-refractivity contribution < 1.29 is 9.90 Å². The zero-order valence-corrected chi connectivity index (χ0v) is 12.3. The van der Waals surface area contributed by atoms with E-state index in [1.165, 1.54) is 4.90 Å². The minimum absolute atomic E-state index is 0.539. The number of hydrogen-bond donors (Lipinski definition) is 2. The number of carboxylic acid groups (broad SMARTS) is 1. The Morgan fingerprint density at radius 2 is 2.11 bits per heavy atom. The summed E-state index contributed by atoms with van der Waals surface area (Å²) in [5.74, 6) is 0. The Balaban J connectivity index is 1.81. The molecule has 0 aromatic carbocycles. The molecule has 6 nitrogen and oxygen atoms in total. The van der Waals surface area contributed by atoms with Crippen molar-refractivity contribution in [1.82, 2.24) is 14.9 Å². The molecule has 0 radical (unpaired) electrons. The van der Waals surface area contributed by atoms with E-state index in [1.54, 1.807) is 0 Å². The van der Waals surface area contributed by atoms with Crippen LogP contribution in [0.2, 0.25) is 0 Å². The number of carbonyl (C=O) groups is 1. The Bertz CT molecular complexity index is 619. The number of aromatic amines is 1. The molecule has 100 valence electrons.